The lowest BCUT2D eigenvalue weighted by atomic mass is 10.1. The van der Waals surface area contributed by atoms with Crippen LogP contribution in [0.2, 0.25) is 0 Å². The zero-order valence-corrected chi connectivity index (χ0v) is 12.7. The van der Waals surface area contributed by atoms with Gasteiger partial charge in [0.1, 0.15) is 0 Å². The van der Waals surface area contributed by atoms with Gasteiger partial charge in [-0.1, -0.05) is 12.8 Å². The molecular formula is C12H24N2O2S2. The van der Waals surface area contributed by atoms with Crippen LogP contribution in [-0.2, 0) is 10.0 Å². The van der Waals surface area contributed by atoms with Gasteiger partial charge in [-0.25, -0.2) is 13.1 Å². The first kappa shape index (κ1) is 14.6. The first-order chi connectivity index (χ1) is 8.55. The van der Waals surface area contributed by atoms with E-state index in [1.54, 1.807) is 0 Å². The topological polar surface area (TPSA) is 58.2 Å². The smallest absolute Gasteiger partial charge is 0.213 e. The summed E-state index contributed by atoms with van der Waals surface area (Å²) >= 11 is 1.82. The van der Waals surface area contributed by atoms with Gasteiger partial charge in [-0.15, -0.1) is 0 Å². The van der Waals surface area contributed by atoms with Crippen molar-refractivity contribution in [3.8, 4) is 0 Å². The molecule has 6 heteroatoms. The highest BCUT2D eigenvalue weighted by Crippen LogP contribution is 2.39. The molecule has 1 atom stereocenters. The van der Waals surface area contributed by atoms with Gasteiger partial charge in [-0.3, -0.25) is 0 Å². The summed E-state index contributed by atoms with van der Waals surface area (Å²) < 4.78 is 27.1. The predicted molar refractivity (Wildman–Crippen MR) is 77.5 cm³/mol. The average molecular weight is 292 g/mol. The minimum absolute atomic E-state index is 0.149. The second-order valence-corrected chi connectivity index (χ2v) is 8.62. The van der Waals surface area contributed by atoms with Gasteiger partial charge in [0, 0.05) is 17.3 Å². The highest BCUT2D eigenvalue weighted by molar-refractivity contribution is 8.00. The number of thioether (sulfide) groups is 1. The Labute approximate surface area is 115 Å². The Morgan fingerprint density at radius 3 is 2.61 bits per heavy atom. The SMILES string of the molecule is CSC1(CNS(=O)(=O)CC2CCCN2)CCCC1. The number of hydrogen-bond donors (Lipinski definition) is 2. The maximum Gasteiger partial charge on any atom is 0.213 e. The van der Waals surface area contributed by atoms with Gasteiger partial charge in [-0.2, -0.15) is 11.8 Å². The quantitative estimate of drug-likeness (QED) is 0.775. The van der Waals surface area contributed by atoms with E-state index in [0.29, 0.717) is 6.54 Å². The summed E-state index contributed by atoms with van der Waals surface area (Å²) in [4.78, 5) is 0. The summed E-state index contributed by atoms with van der Waals surface area (Å²) in [5.41, 5.74) is 0. The Morgan fingerprint density at radius 1 is 1.33 bits per heavy atom. The second kappa shape index (κ2) is 6.11. The van der Waals surface area contributed by atoms with Crippen LogP contribution in [0.4, 0.5) is 0 Å². The van der Waals surface area contributed by atoms with Crippen molar-refractivity contribution in [2.24, 2.45) is 0 Å². The Bertz CT molecular complexity index is 358. The van der Waals surface area contributed by atoms with Crippen molar-refractivity contribution >= 4 is 21.8 Å². The number of hydrogen-bond acceptors (Lipinski definition) is 4. The van der Waals surface area contributed by atoms with E-state index in [4.69, 9.17) is 0 Å². The molecule has 4 nitrogen and oxygen atoms in total. The summed E-state index contributed by atoms with van der Waals surface area (Å²) in [6.07, 6.45) is 8.90. The molecule has 1 saturated heterocycles. The first-order valence-corrected chi connectivity index (χ1v) is 9.69. The molecule has 1 heterocycles. The summed E-state index contributed by atoms with van der Waals surface area (Å²) in [7, 11) is -3.13. The van der Waals surface area contributed by atoms with Crippen LogP contribution < -0.4 is 10.0 Å². The molecule has 0 radical (unpaired) electrons. The molecule has 0 aromatic carbocycles. The average Bonchev–Trinajstić information content (AvgIpc) is 2.97. The molecule has 18 heavy (non-hydrogen) atoms. The van der Waals surface area contributed by atoms with Crippen LogP contribution in [0.5, 0.6) is 0 Å². The largest absolute Gasteiger partial charge is 0.313 e. The molecule has 1 unspecified atom stereocenters. The summed E-state index contributed by atoms with van der Waals surface area (Å²) in [5.74, 6) is 0.234. The van der Waals surface area contributed by atoms with E-state index >= 15 is 0 Å². The minimum atomic E-state index is -3.13. The molecule has 1 saturated carbocycles. The van der Waals surface area contributed by atoms with Crippen LogP contribution in [0.1, 0.15) is 38.5 Å². The van der Waals surface area contributed by atoms with Gasteiger partial charge in [0.2, 0.25) is 10.0 Å². The molecule has 2 N–H and O–H groups in total. The fourth-order valence-corrected chi connectivity index (χ4v) is 5.37. The van der Waals surface area contributed by atoms with Crippen LogP contribution in [-0.4, -0.2) is 44.3 Å². The molecule has 2 aliphatic rings. The van der Waals surface area contributed by atoms with Crippen molar-refractivity contribution in [3.63, 3.8) is 0 Å². The van der Waals surface area contributed by atoms with Crippen molar-refractivity contribution in [3.05, 3.63) is 0 Å². The normalized spacial score (nSPS) is 27.7. The third kappa shape index (κ3) is 3.85. The third-order valence-corrected chi connectivity index (χ3v) is 6.99. The van der Waals surface area contributed by atoms with Gasteiger partial charge in [0.15, 0.2) is 0 Å². The van der Waals surface area contributed by atoms with E-state index in [1.807, 2.05) is 11.8 Å². The van der Waals surface area contributed by atoms with E-state index in [0.717, 1.165) is 32.2 Å². The molecule has 0 aromatic rings. The summed E-state index contributed by atoms with van der Waals surface area (Å²) in [6.45, 7) is 1.55. The van der Waals surface area contributed by atoms with Crippen molar-refractivity contribution in [2.45, 2.75) is 49.3 Å². The van der Waals surface area contributed by atoms with Gasteiger partial charge in [-0.05, 0) is 38.5 Å². The molecule has 1 aliphatic heterocycles. The van der Waals surface area contributed by atoms with Crippen LogP contribution in [0, 0.1) is 0 Å². The molecule has 2 fully saturated rings. The van der Waals surface area contributed by atoms with Crippen LogP contribution >= 0.6 is 11.8 Å². The zero-order valence-electron chi connectivity index (χ0n) is 11.1. The Morgan fingerprint density at radius 2 is 2.06 bits per heavy atom. The molecule has 106 valence electrons. The lowest BCUT2D eigenvalue weighted by Crippen LogP contribution is -2.42. The van der Waals surface area contributed by atoms with Crippen molar-refractivity contribution in [1.29, 1.82) is 0 Å². The highest BCUT2D eigenvalue weighted by Gasteiger charge is 2.34. The van der Waals surface area contributed by atoms with Gasteiger partial charge in [0.05, 0.1) is 5.75 Å². The molecule has 0 spiro atoms. The Hall–Kier alpha value is 0.220. The van der Waals surface area contributed by atoms with E-state index < -0.39 is 10.0 Å². The number of nitrogens with one attached hydrogen (secondary N) is 2. The molecule has 0 aromatic heterocycles. The number of sulfonamides is 1. The predicted octanol–water partition coefficient (Wildman–Crippen LogP) is 1.33. The van der Waals surface area contributed by atoms with E-state index in [-0.39, 0.29) is 16.5 Å². The van der Waals surface area contributed by atoms with Gasteiger partial charge in [0.25, 0.3) is 0 Å². The highest BCUT2D eigenvalue weighted by atomic mass is 32.2. The maximum atomic E-state index is 12.0. The monoisotopic (exact) mass is 292 g/mol. The Kier molecular flexibility index (Phi) is 4.97. The summed E-state index contributed by atoms with van der Waals surface area (Å²) in [6, 6.07) is 0.149. The maximum absolute atomic E-state index is 12.0. The fraction of sp³-hybridized carbons (Fsp3) is 1.00. The molecule has 0 amide bonds. The first-order valence-electron chi connectivity index (χ1n) is 6.81. The van der Waals surface area contributed by atoms with Gasteiger partial charge < -0.3 is 5.32 Å². The van der Waals surface area contributed by atoms with E-state index in [2.05, 4.69) is 16.3 Å². The fourth-order valence-electron chi connectivity index (χ4n) is 2.94. The minimum Gasteiger partial charge on any atom is -0.313 e. The van der Waals surface area contributed by atoms with Crippen molar-refractivity contribution < 1.29 is 8.42 Å². The lowest BCUT2D eigenvalue weighted by Gasteiger charge is -2.27. The standard InChI is InChI=1S/C12H24N2O2S2/c1-17-12(6-2-3-7-12)10-14-18(15,16)9-11-5-4-8-13-11/h11,13-14H,2-10H2,1H3. The van der Waals surface area contributed by atoms with E-state index in [9.17, 15) is 8.42 Å². The van der Waals surface area contributed by atoms with E-state index in [1.165, 1.54) is 12.8 Å². The Balaban J connectivity index is 1.83. The van der Waals surface area contributed by atoms with Crippen LogP contribution in [0.3, 0.4) is 0 Å². The molecule has 0 bridgehead atoms. The molecule has 2 rings (SSSR count). The van der Waals surface area contributed by atoms with Crippen LogP contribution in [0.25, 0.3) is 0 Å². The molecular weight excluding hydrogens is 268 g/mol. The van der Waals surface area contributed by atoms with Gasteiger partial charge >= 0.3 is 0 Å². The van der Waals surface area contributed by atoms with Crippen molar-refractivity contribution in [2.75, 3.05) is 25.1 Å². The summed E-state index contributed by atoms with van der Waals surface area (Å²) in [5, 5.41) is 3.24. The van der Waals surface area contributed by atoms with Crippen LogP contribution in [0.15, 0.2) is 0 Å². The lowest BCUT2D eigenvalue weighted by molar-refractivity contribution is 0.540. The number of rotatable bonds is 6. The zero-order chi connectivity index (χ0) is 13.1. The second-order valence-electron chi connectivity index (χ2n) is 5.49. The third-order valence-electron chi connectivity index (χ3n) is 4.15. The van der Waals surface area contributed by atoms with Crippen molar-refractivity contribution in [1.82, 2.24) is 10.0 Å². The molecule has 1 aliphatic carbocycles.